The normalized spacial score (nSPS) is 35.3. The first-order chi connectivity index (χ1) is 10.3. The van der Waals surface area contributed by atoms with Crippen LogP contribution >= 0.6 is 0 Å². The van der Waals surface area contributed by atoms with Crippen molar-refractivity contribution >= 4 is 0 Å². The van der Waals surface area contributed by atoms with Crippen LogP contribution in [-0.2, 0) is 6.42 Å². The predicted octanol–water partition coefficient (Wildman–Crippen LogP) is 2.90. The molecule has 114 valence electrons. The summed E-state index contributed by atoms with van der Waals surface area (Å²) in [5, 5.41) is 0. The number of para-hydroxylation sites is 1. The quantitative estimate of drug-likeness (QED) is 0.661. The van der Waals surface area contributed by atoms with E-state index in [2.05, 4.69) is 23.6 Å². The van der Waals surface area contributed by atoms with Crippen LogP contribution in [0.1, 0.15) is 37.7 Å². The van der Waals surface area contributed by atoms with Crippen molar-refractivity contribution in [1.82, 2.24) is 5.43 Å². The lowest BCUT2D eigenvalue weighted by Gasteiger charge is -2.34. The van der Waals surface area contributed by atoms with Gasteiger partial charge < -0.3 is 4.74 Å². The molecule has 0 amide bonds. The van der Waals surface area contributed by atoms with Gasteiger partial charge in [-0.05, 0) is 61.5 Å². The third-order valence-corrected chi connectivity index (χ3v) is 6.13. The second-order valence-corrected chi connectivity index (χ2v) is 7.33. The van der Waals surface area contributed by atoms with Gasteiger partial charge in [0.1, 0.15) is 5.75 Å². The highest BCUT2D eigenvalue weighted by Gasteiger charge is 2.41. The average Bonchev–Trinajstić information content (AvgIpc) is 3.15. The Bertz CT molecular complexity index is 504. The molecule has 4 rings (SSSR count). The van der Waals surface area contributed by atoms with Crippen LogP contribution in [0.15, 0.2) is 24.3 Å². The standard InChI is InChI=1S/C18H26N2O/c19-20-17(10-15-8-12-5-6-13(15)7-12)16-9-14-3-1-2-4-18(14)21-11-16/h1-4,12-13,15-17,20H,5-11,19H2. The Labute approximate surface area is 127 Å². The molecule has 0 spiro atoms. The topological polar surface area (TPSA) is 47.3 Å². The molecule has 1 aliphatic heterocycles. The number of ether oxygens (including phenoxy) is 1. The van der Waals surface area contributed by atoms with Crippen molar-refractivity contribution < 1.29 is 4.74 Å². The van der Waals surface area contributed by atoms with E-state index in [-0.39, 0.29) is 0 Å². The first-order valence-electron chi connectivity index (χ1n) is 8.50. The van der Waals surface area contributed by atoms with E-state index in [1.54, 1.807) is 0 Å². The molecule has 2 aliphatic carbocycles. The average molecular weight is 286 g/mol. The SMILES string of the molecule is NNC(CC1CC2CCC1C2)C1COc2ccccc2C1. The van der Waals surface area contributed by atoms with Crippen molar-refractivity contribution in [3.8, 4) is 5.75 Å². The zero-order valence-electron chi connectivity index (χ0n) is 12.6. The third-order valence-electron chi connectivity index (χ3n) is 6.13. The van der Waals surface area contributed by atoms with E-state index in [9.17, 15) is 0 Å². The number of hydrazine groups is 1. The van der Waals surface area contributed by atoms with Crippen molar-refractivity contribution in [2.45, 2.75) is 44.6 Å². The lowest BCUT2D eigenvalue weighted by molar-refractivity contribution is 0.158. The van der Waals surface area contributed by atoms with Gasteiger partial charge in [-0.1, -0.05) is 24.6 Å². The summed E-state index contributed by atoms with van der Waals surface area (Å²) >= 11 is 0. The minimum absolute atomic E-state index is 0.391. The molecule has 5 unspecified atom stereocenters. The van der Waals surface area contributed by atoms with E-state index < -0.39 is 0 Å². The minimum Gasteiger partial charge on any atom is -0.493 e. The Balaban J connectivity index is 1.42. The molecule has 0 saturated heterocycles. The number of fused-ring (bicyclic) bond motifs is 3. The second-order valence-electron chi connectivity index (χ2n) is 7.33. The predicted molar refractivity (Wildman–Crippen MR) is 83.8 cm³/mol. The molecule has 3 N–H and O–H groups in total. The van der Waals surface area contributed by atoms with Crippen molar-refractivity contribution in [2.24, 2.45) is 29.5 Å². The molecule has 1 aromatic carbocycles. The molecule has 5 atom stereocenters. The van der Waals surface area contributed by atoms with Crippen molar-refractivity contribution in [3.63, 3.8) is 0 Å². The summed E-state index contributed by atoms with van der Waals surface area (Å²) in [6.07, 6.45) is 8.16. The van der Waals surface area contributed by atoms with Gasteiger partial charge in [-0.3, -0.25) is 11.3 Å². The van der Waals surface area contributed by atoms with Gasteiger partial charge in [-0.15, -0.1) is 0 Å². The van der Waals surface area contributed by atoms with Gasteiger partial charge in [-0.2, -0.15) is 0 Å². The molecule has 0 aromatic heterocycles. The van der Waals surface area contributed by atoms with E-state index in [1.807, 2.05) is 6.07 Å². The summed E-state index contributed by atoms with van der Waals surface area (Å²) < 4.78 is 5.95. The molecule has 2 fully saturated rings. The van der Waals surface area contributed by atoms with Crippen LogP contribution in [0.2, 0.25) is 0 Å². The molecule has 2 saturated carbocycles. The third kappa shape index (κ3) is 2.58. The molecular weight excluding hydrogens is 260 g/mol. The summed E-state index contributed by atoms with van der Waals surface area (Å²) in [7, 11) is 0. The van der Waals surface area contributed by atoms with Crippen LogP contribution in [0.25, 0.3) is 0 Å². The number of nitrogens with two attached hydrogens (primary N) is 1. The largest absolute Gasteiger partial charge is 0.493 e. The smallest absolute Gasteiger partial charge is 0.122 e. The van der Waals surface area contributed by atoms with Gasteiger partial charge in [0.05, 0.1) is 6.61 Å². The van der Waals surface area contributed by atoms with Gasteiger partial charge in [-0.25, -0.2) is 0 Å². The molecule has 1 heterocycles. The first kappa shape index (κ1) is 13.6. The summed E-state index contributed by atoms with van der Waals surface area (Å²) in [5.41, 5.74) is 4.44. The molecule has 3 aliphatic rings. The van der Waals surface area contributed by atoms with Crippen LogP contribution < -0.4 is 16.0 Å². The van der Waals surface area contributed by atoms with Crippen LogP contribution in [0.4, 0.5) is 0 Å². The molecular formula is C18H26N2O. The molecule has 0 radical (unpaired) electrons. The molecule has 3 heteroatoms. The van der Waals surface area contributed by atoms with Gasteiger partial charge in [0.15, 0.2) is 0 Å². The maximum absolute atomic E-state index is 5.95. The fourth-order valence-corrected chi connectivity index (χ4v) is 5.00. The maximum atomic E-state index is 5.95. The lowest BCUT2D eigenvalue weighted by Crippen LogP contribution is -2.46. The maximum Gasteiger partial charge on any atom is 0.122 e. The van der Waals surface area contributed by atoms with Gasteiger partial charge in [0, 0.05) is 12.0 Å². The fraction of sp³-hybridized carbons (Fsp3) is 0.667. The van der Waals surface area contributed by atoms with E-state index in [0.717, 1.165) is 36.5 Å². The number of rotatable bonds is 4. The van der Waals surface area contributed by atoms with E-state index >= 15 is 0 Å². The molecule has 1 aromatic rings. The van der Waals surface area contributed by atoms with Gasteiger partial charge >= 0.3 is 0 Å². The van der Waals surface area contributed by atoms with E-state index in [4.69, 9.17) is 10.6 Å². The van der Waals surface area contributed by atoms with E-state index in [0.29, 0.717) is 12.0 Å². The molecule has 2 bridgehead atoms. The molecule has 21 heavy (non-hydrogen) atoms. The fourth-order valence-electron chi connectivity index (χ4n) is 5.00. The Hall–Kier alpha value is -1.06. The summed E-state index contributed by atoms with van der Waals surface area (Å²) in [6, 6.07) is 8.81. The Kier molecular flexibility index (Phi) is 3.64. The minimum atomic E-state index is 0.391. The Morgan fingerprint density at radius 2 is 2.14 bits per heavy atom. The summed E-state index contributed by atoms with van der Waals surface area (Å²) in [5.74, 6) is 10.3. The van der Waals surface area contributed by atoms with E-state index in [1.165, 1.54) is 37.7 Å². The first-order valence-corrected chi connectivity index (χ1v) is 8.50. The van der Waals surface area contributed by atoms with Crippen LogP contribution in [0, 0.1) is 23.7 Å². The highest BCUT2D eigenvalue weighted by atomic mass is 16.5. The van der Waals surface area contributed by atoms with Crippen molar-refractivity contribution in [2.75, 3.05) is 6.61 Å². The number of hydrogen-bond acceptors (Lipinski definition) is 3. The number of nitrogens with one attached hydrogen (secondary N) is 1. The summed E-state index contributed by atoms with van der Waals surface area (Å²) in [6.45, 7) is 0.798. The van der Waals surface area contributed by atoms with Crippen LogP contribution in [0.3, 0.4) is 0 Å². The highest BCUT2D eigenvalue weighted by molar-refractivity contribution is 5.35. The number of benzene rings is 1. The molecule has 3 nitrogen and oxygen atoms in total. The zero-order chi connectivity index (χ0) is 14.2. The lowest BCUT2D eigenvalue weighted by atomic mass is 9.79. The van der Waals surface area contributed by atoms with Gasteiger partial charge in [0.2, 0.25) is 0 Å². The van der Waals surface area contributed by atoms with Crippen LogP contribution in [0.5, 0.6) is 5.75 Å². The van der Waals surface area contributed by atoms with Crippen molar-refractivity contribution in [3.05, 3.63) is 29.8 Å². The zero-order valence-corrected chi connectivity index (χ0v) is 12.6. The van der Waals surface area contributed by atoms with Gasteiger partial charge in [0.25, 0.3) is 0 Å². The second kappa shape index (κ2) is 5.62. The Morgan fingerprint density at radius 3 is 2.90 bits per heavy atom. The van der Waals surface area contributed by atoms with Crippen LogP contribution in [-0.4, -0.2) is 12.6 Å². The highest BCUT2D eigenvalue weighted by Crippen LogP contribution is 2.50. The van der Waals surface area contributed by atoms with Crippen molar-refractivity contribution in [1.29, 1.82) is 0 Å². The monoisotopic (exact) mass is 286 g/mol. The Morgan fingerprint density at radius 1 is 1.24 bits per heavy atom. The summed E-state index contributed by atoms with van der Waals surface area (Å²) in [4.78, 5) is 0. The number of hydrogen-bond donors (Lipinski definition) is 2.